The van der Waals surface area contributed by atoms with Crippen molar-refractivity contribution in [2.45, 2.75) is 20.4 Å². The Hall–Kier alpha value is -4.10. The van der Waals surface area contributed by atoms with E-state index < -0.39 is 0 Å². The lowest BCUT2D eigenvalue weighted by Gasteiger charge is -2.11. The number of imidazole rings is 1. The van der Waals surface area contributed by atoms with Crippen molar-refractivity contribution < 1.29 is 4.39 Å². The molecule has 1 N–H and O–H groups in total. The highest BCUT2D eigenvalue weighted by Gasteiger charge is 2.18. The maximum absolute atomic E-state index is 13.7. The number of rotatable bonds is 6. The lowest BCUT2D eigenvalue weighted by atomic mass is 10.1. The van der Waals surface area contributed by atoms with Gasteiger partial charge in [0.05, 0.1) is 17.1 Å². The van der Waals surface area contributed by atoms with Crippen LogP contribution < -0.4 is 5.32 Å². The Morgan fingerprint density at radius 3 is 2.37 bits per heavy atom. The van der Waals surface area contributed by atoms with Crippen LogP contribution in [0.5, 0.6) is 0 Å². The molecule has 3 heterocycles. The van der Waals surface area contributed by atoms with Crippen molar-refractivity contribution in [3.05, 3.63) is 95.6 Å². The second-order valence-electron chi connectivity index (χ2n) is 9.08. The molecular formula is C28H27FN6. The summed E-state index contributed by atoms with van der Waals surface area (Å²) < 4.78 is 15.7. The number of nitrogens with zero attached hydrogens (tertiary/aromatic N) is 5. The molecular weight excluding hydrogens is 439 g/mol. The van der Waals surface area contributed by atoms with E-state index in [0.29, 0.717) is 5.95 Å². The van der Waals surface area contributed by atoms with Crippen molar-refractivity contribution in [1.29, 1.82) is 0 Å². The van der Waals surface area contributed by atoms with E-state index in [9.17, 15) is 4.39 Å². The smallest absolute Gasteiger partial charge is 0.227 e. The van der Waals surface area contributed by atoms with Crippen LogP contribution in [0.25, 0.3) is 28.3 Å². The average Bonchev–Trinajstić information content (AvgIpc) is 3.17. The monoisotopic (exact) mass is 466 g/mol. The standard InChI is InChI=1S/C28H27FN6/c1-18-13-19(2)15-23(14-18)31-28-30-11-9-24(32-28)27-26(21-5-7-22(29)8-6-21)33-25-16-20(17-34(3)4)10-12-35(25)27/h5-16H,17H2,1-4H3,(H,30,31,32). The van der Waals surface area contributed by atoms with Crippen molar-refractivity contribution in [2.75, 3.05) is 19.4 Å². The van der Waals surface area contributed by atoms with Gasteiger partial charge in [-0.1, -0.05) is 6.07 Å². The van der Waals surface area contributed by atoms with Crippen LogP contribution >= 0.6 is 0 Å². The fourth-order valence-corrected chi connectivity index (χ4v) is 4.33. The highest BCUT2D eigenvalue weighted by atomic mass is 19.1. The minimum absolute atomic E-state index is 0.283. The molecule has 0 saturated heterocycles. The summed E-state index contributed by atoms with van der Waals surface area (Å²) in [7, 11) is 4.08. The number of halogens is 1. The maximum atomic E-state index is 13.7. The van der Waals surface area contributed by atoms with E-state index in [1.807, 2.05) is 30.8 Å². The average molecular weight is 467 g/mol. The number of anilines is 2. The topological polar surface area (TPSA) is 58.4 Å². The highest BCUT2D eigenvalue weighted by Crippen LogP contribution is 2.33. The Kier molecular flexibility index (Phi) is 6.01. The molecule has 0 fully saturated rings. The third kappa shape index (κ3) is 4.90. The van der Waals surface area contributed by atoms with Crippen LogP contribution in [-0.2, 0) is 6.54 Å². The van der Waals surface area contributed by atoms with E-state index >= 15 is 0 Å². The Morgan fingerprint density at radius 2 is 1.66 bits per heavy atom. The molecule has 0 bridgehead atoms. The van der Waals surface area contributed by atoms with Gasteiger partial charge in [0.25, 0.3) is 0 Å². The summed E-state index contributed by atoms with van der Waals surface area (Å²) in [6, 6.07) is 18.7. The Balaban J connectivity index is 1.63. The van der Waals surface area contributed by atoms with Gasteiger partial charge in [0.2, 0.25) is 5.95 Å². The Morgan fingerprint density at radius 1 is 0.914 bits per heavy atom. The van der Waals surface area contributed by atoms with Crippen LogP contribution in [0.1, 0.15) is 16.7 Å². The molecule has 6 nitrogen and oxygen atoms in total. The van der Waals surface area contributed by atoms with Gasteiger partial charge in [0.1, 0.15) is 11.5 Å². The second-order valence-corrected chi connectivity index (χ2v) is 9.08. The minimum atomic E-state index is -0.283. The highest BCUT2D eigenvalue weighted by molar-refractivity contribution is 5.81. The van der Waals surface area contributed by atoms with Crippen LogP contribution in [-0.4, -0.2) is 38.3 Å². The molecule has 0 atom stereocenters. The van der Waals surface area contributed by atoms with E-state index in [1.165, 1.54) is 12.1 Å². The van der Waals surface area contributed by atoms with Crippen LogP contribution in [0, 0.1) is 19.7 Å². The molecule has 35 heavy (non-hydrogen) atoms. The van der Waals surface area contributed by atoms with Crippen molar-refractivity contribution in [3.8, 4) is 22.6 Å². The lowest BCUT2D eigenvalue weighted by molar-refractivity contribution is 0.402. The molecule has 176 valence electrons. The van der Waals surface area contributed by atoms with E-state index in [0.717, 1.165) is 57.2 Å². The molecule has 3 aromatic heterocycles. The van der Waals surface area contributed by atoms with Crippen LogP contribution in [0.3, 0.4) is 0 Å². The van der Waals surface area contributed by atoms with Gasteiger partial charge in [0.15, 0.2) is 0 Å². The first kappa shape index (κ1) is 22.7. The summed E-state index contributed by atoms with van der Waals surface area (Å²) in [6.45, 7) is 4.93. The molecule has 7 heteroatoms. The van der Waals surface area contributed by atoms with Crippen LogP contribution in [0.2, 0.25) is 0 Å². The third-order valence-corrected chi connectivity index (χ3v) is 5.68. The van der Waals surface area contributed by atoms with Gasteiger partial charge < -0.3 is 10.2 Å². The first-order valence-corrected chi connectivity index (χ1v) is 11.5. The summed E-state index contributed by atoms with van der Waals surface area (Å²) in [4.78, 5) is 16.3. The molecule has 0 unspecified atom stereocenters. The first-order valence-electron chi connectivity index (χ1n) is 11.5. The fraction of sp³-hybridized carbons (Fsp3) is 0.179. The number of nitrogens with one attached hydrogen (secondary N) is 1. The SMILES string of the molecule is Cc1cc(C)cc(Nc2nccc(-c3c(-c4ccc(F)cc4)nc4cc(CN(C)C)ccn34)n2)c1. The second kappa shape index (κ2) is 9.27. The largest absolute Gasteiger partial charge is 0.324 e. The molecule has 2 aromatic carbocycles. The van der Waals surface area contributed by atoms with Gasteiger partial charge in [-0.05, 0) is 99.2 Å². The van der Waals surface area contributed by atoms with E-state index in [4.69, 9.17) is 9.97 Å². The third-order valence-electron chi connectivity index (χ3n) is 5.68. The molecule has 0 saturated carbocycles. The Labute approximate surface area is 204 Å². The predicted octanol–water partition coefficient (Wildman–Crippen LogP) is 6.02. The quantitative estimate of drug-likeness (QED) is 0.332. The molecule has 5 aromatic rings. The van der Waals surface area contributed by atoms with Gasteiger partial charge in [-0.15, -0.1) is 0 Å². The molecule has 0 amide bonds. The molecule has 5 rings (SSSR count). The van der Waals surface area contributed by atoms with E-state index in [2.05, 4.69) is 59.4 Å². The van der Waals surface area contributed by atoms with Crippen molar-refractivity contribution in [2.24, 2.45) is 0 Å². The molecule has 0 spiro atoms. The zero-order valence-corrected chi connectivity index (χ0v) is 20.2. The molecule has 0 aliphatic rings. The van der Waals surface area contributed by atoms with E-state index in [-0.39, 0.29) is 5.82 Å². The van der Waals surface area contributed by atoms with Gasteiger partial charge >= 0.3 is 0 Å². The van der Waals surface area contributed by atoms with Gasteiger partial charge in [-0.2, -0.15) is 0 Å². The lowest BCUT2D eigenvalue weighted by Crippen LogP contribution is -2.10. The Bertz CT molecular complexity index is 1480. The van der Waals surface area contributed by atoms with Gasteiger partial charge in [-0.25, -0.2) is 19.3 Å². The number of aromatic nitrogens is 4. The minimum Gasteiger partial charge on any atom is -0.324 e. The first-order chi connectivity index (χ1) is 16.9. The summed E-state index contributed by atoms with van der Waals surface area (Å²) >= 11 is 0. The van der Waals surface area contributed by atoms with Crippen molar-refractivity contribution in [3.63, 3.8) is 0 Å². The van der Waals surface area contributed by atoms with Crippen molar-refractivity contribution >= 4 is 17.3 Å². The van der Waals surface area contributed by atoms with Gasteiger partial charge in [0, 0.05) is 30.2 Å². The molecule has 0 aliphatic carbocycles. The summed E-state index contributed by atoms with van der Waals surface area (Å²) in [5.74, 6) is 0.214. The normalized spacial score (nSPS) is 11.4. The zero-order chi connectivity index (χ0) is 24.5. The summed E-state index contributed by atoms with van der Waals surface area (Å²) in [6.07, 6.45) is 3.75. The predicted molar refractivity (Wildman–Crippen MR) is 138 cm³/mol. The van der Waals surface area contributed by atoms with Crippen LogP contribution in [0.4, 0.5) is 16.0 Å². The number of benzene rings is 2. The number of hydrogen-bond acceptors (Lipinski definition) is 5. The fourth-order valence-electron chi connectivity index (χ4n) is 4.33. The number of fused-ring (bicyclic) bond motifs is 1. The zero-order valence-electron chi connectivity index (χ0n) is 20.2. The number of hydrogen-bond donors (Lipinski definition) is 1. The molecule has 0 radical (unpaired) electrons. The number of aryl methyl sites for hydroxylation is 2. The maximum Gasteiger partial charge on any atom is 0.227 e. The number of pyridine rings is 1. The van der Waals surface area contributed by atoms with Gasteiger partial charge in [-0.3, -0.25) is 4.40 Å². The summed E-state index contributed by atoms with van der Waals surface area (Å²) in [5, 5.41) is 3.33. The van der Waals surface area contributed by atoms with Crippen molar-refractivity contribution in [1.82, 2.24) is 24.3 Å². The summed E-state index contributed by atoms with van der Waals surface area (Å²) in [5.41, 5.74) is 8.34. The van der Waals surface area contributed by atoms with E-state index in [1.54, 1.807) is 18.3 Å². The molecule has 0 aliphatic heterocycles. The van der Waals surface area contributed by atoms with Crippen LogP contribution in [0.15, 0.2) is 73.1 Å².